The third kappa shape index (κ3) is 3.50. The standard InChI is InChI=1S/C19H17NO2S/c21-18(20-16-10-5-2-6-11-16)19(22,17-12-7-13-23-17)14-15-8-3-1-4-9-15/h1-13,22H,14H2,(H,20,21)/t19-/m0/s1. The fourth-order valence-electron chi connectivity index (χ4n) is 2.44. The normalized spacial score (nSPS) is 13.3. The summed E-state index contributed by atoms with van der Waals surface area (Å²) in [6.07, 6.45) is 0.229. The third-order valence-electron chi connectivity index (χ3n) is 3.64. The Hall–Kier alpha value is -2.43. The summed E-state index contributed by atoms with van der Waals surface area (Å²) in [4.78, 5) is 13.4. The molecule has 1 amide bonds. The van der Waals surface area contributed by atoms with Crippen molar-refractivity contribution < 1.29 is 9.90 Å². The monoisotopic (exact) mass is 323 g/mol. The predicted molar refractivity (Wildman–Crippen MR) is 93.4 cm³/mol. The van der Waals surface area contributed by atoms with Gasteiger partial charge in [-0.15, -0.1) is 11.3 Å². The number of anilines is 1. The Morgan fingerprint density at radius 1 is 0.957 bits per heavy atom. The second-order valence-electron chi connectivity index (χ2n) is 5.32. The molecule has 3 rings (SSSR count). The summed E-state index contributed by atoms with van der Waals surface area (Å²) in [7, 11) is 0. The summed E-state index contributed by atoms with van der Waals surface area (Å²) in [6.45, 7) is 0. The predicted octanol–water partition coefficient (Wildman–Crippen LogP) is 3.82. The average Bonchev–Trinajstić information content (AvgIpc) is 3.12. The molecule has 4 heteroatoms. The van der Waals surface area contributed by atoms with Crippen LogP contribution in [0, 0.1) is 0 Å². The lowest BCUT2D eigenvalue weighted by atomic mass is 9.91. The lowest BCUT2D eigenvalue weighted by Gasteiger charge is -2.26. The van der Waals surface area contributed by atoms with Crippen LogP contribution in [0.1, 0.15) is 10.4 Å². The van der Waals surface area contributed by atoms with Crippen LogP contribution in [0.4, 0.5) is 5.69 Å². The fraction of sp³-hybridized carbons (Fsp3) is 0.105. The van der Waals surface area contributed by atoms with Gasteiger partial charge in [-0.2, -0.15) is 0 Å². The summed E-state index contributed by atoms with van der Waals surface area (Å²) in [6, 6.07) is 22.3. The topological polar surface area (TPSA) is 49.3 Å². The first kappa shape index (κ1) is 15.5. The second-order valence-corrected chi connectivity index (χ2v) is 6.27. The van der Waals surface area contributed by atoms with Crippen molar-refractivity contribution >= 4 is 22.9 Å². The molecule has 1 heterocycles. The van der Waals surface area contributed by atoms with E-state index in [4.69, 9.17) is 0 Å². The van der Waals surface area contributed by atoms with E-state index in [0.717, 1.165) is 5.56 Å². The molecule has 1 atom stereocenters. The number of benzene rings is 2. The molecule has 0 radical (unpaired) electrons. The zero-order valence-electron chi connectivity index (χ0n) is 12.5. The van der Waals surface area contributed by atoms with E-state index in [9.17, 15) is 9.90 Å². The van der Waals surface area contributed by atoms with Crippen LogP contribution in [-0.2, 0) is 16.8 Å². The number of aliphatic hydroxyl groups is 1. The maximum Gasteiger partial charge on any atom is 0.262 e. The molecule has 2 N–H and O–H groups in total. The van der Waals surface area contributed by atoms with Crippen molar-refractivity contribution in [3.05, 3.63) is 88.6 Å². The molecular formula is C19H17NO2S. The Balaban J connectivity index is 1.90. The van der Waals surface area contributed by atoms with Gasteiger partial charge in [-0.1, -0.05) is 54.6 Å². The fourth-order valence-corrected chi connectivity index (χ4v) is 3.26. The zero-order chi connectivity index (χ0) is 16.1. The number of thiophene rings is 1. The molecule has 0 saturated heterocycles. The largest absolute Gasteiger partial charge is 0.374 e. The van der Waals surface area contributed by atoms with Crippen LogP contribution in [0.5, 0.6) is 0 Å². The van der Waals surface area contributed by atoms with Crippen molar-refractivity contribution in [2.24, 2.45) is 0 Å². The maximum absolute atomic E-state index is 12.8. The molecule has 3 aromatic rings. The number of hydrogen-bond acceptors (Lipinski definition) is 3. The summed E-state index contributed by atoms with van der Waals surface area (Å²) in [5, 5.41) is 15.8. The highest BCUT2D eigenvalue weighted by molar-refractivity contribution is 7.10. The van der Waals surface area contributed by atoms with Gasteiger partial charge in [0.15, 0.2) is 5.60 Å². The first-order valence-electron chi connectivity index (χ1n) is 7.35. The zero-order valence-corrected chi connectivity index (χ0v) is 13.3. The van der Waals surface area contributed by atoms with E-state index in [1.54, 1.807) is 18.2 Å². The van der Waals surface area contributed by atoms with E-state index in [0.29, 0.717) is 10.6 Å². The van der Waals surface area contributed by atoms with Crippen molar-refractivity contribution in [3.8, 4) is 0 Å². The van der Waals surface area contributed by atoms with Gasteiger partial charge >= 0.3 is 0 Å². The molecule has 0 aliphatic rings. The van der Waals surface area contributed by atoms with Crippen LogP contribution in [0.3, 0.4) is 0 Å². The Kier molecular flexibility index (Phi) is 4.55. The van der Waals surface area contributed by atoms with Crippen LogP contribution in [0.2, 0.25) is 0 Å². The number of nitrogens with one attached hydrogen (secondary N) is 1. The van der Waals surface area contributed by atoms with E-state index in [-0.39, 0.29) is 6.42 Å². The highest BCUT2D eigenvalue weighted by Crippen LogP contribution is 2.31. The highest BCUT2D eigenvalue weighted by atomic mass is 32.1. The molecule has 0 spiro atoms. The van der Waals surface area contributed by atoms with E-state index < -0.39 is 11.5 Å². The average molecular weight is 323 g/mol. The Morgan fingerprint density at radius 2 is 1.61 bits per heavy atom. The minimum Gasteiger partial charge on any atom is -0.374 e. The van der Waals surface area contributed by atoms with Crippen molar-refractivity contribution in [3.63, 3.8) is 0 Å². The van der Waals surface area contributed by atoms with Gasteiger partial charge in [0.05, 0.1) is 0 Å². The van der Waals surface area contributed by atoms with Gasteiger partial charge in [0.25, 0.3) is 5.91 Å². The smallest absolute Gasteiger partial charge is 0.262 e. The first-order chi connectivity index (χ1) is 11.2. The van der Waals surface area contributed by atoms with Gasteiger partial charge in [0.2, 0.25) is 0 Å². The van der Waals surface area contributed by atoms with Crippen LogP contribution in [0.25, 0.3) is 0 Å². The molecule has 2 aromatic carbocycles. The Labute approximate surface area is 139 Å². The number of carbonyl (C=O) groups is 1. The number of amides is 1. The minimum atomic E-state index is -1.59. The number of hydrogen-bond donors (Lipinski definition) is 2. The van der Waals surface area contributed by atoms with Gasteiger partial charge in [-0.25, -0.2) is 0 Å². The van der Waals surface area contributed by atoms with Crippen LogP contribution in [-0.4, -0.2) is 11.0 Å². The first-order valence-corrected chi connectivity index (χ1v) is 8.23. The number of carbonyl (C=O) groups excluding carboxylic acids is 1. The van der Waals surface area contributed by atoms with Gasteiger partial charge in [-0.3, -0.25) is 4.79 Å². The molecule has 0 unspecified atom stereocenters. The van der Waals surface area contributed by atoms with Crippen molar-refractivity contribution in [1.82, 2.24) is 0 Å². The Morgan fingerprint density at radius 3 is 2.22 bits per heavy atom. The minimum absolute atomic E-state index is 0.229. The van der Waals surface area contributed by atoms with E-state index in [1.165, 1.54) is 11.3 Å². The molecule has 116 valence electrons. The molecule has 0 aliphatic carbocycles. The molecule has 0 saturated carbocycles. The van der Waals surface area contributed by atoms with Crippen LogP contribution < -0.4 is 5.32 Å². The summed E-state index contributed by atoms with van der Waals surface area (Å²) in [5.74, 6) is -0.421. The number of rotatable bonds is 5. The lowest BCUT2D eigenvalue weighted by molar-refractivity contribution is -0.134. The SMILES string of the molecule is O=C(Nc1ccccc1)[C@](O)(Cc1ccccc1)c1cccs1. The van der Waals surface area contributed by atoms with E-state index >= 15 is 0 Å². The lowest BCUT2D eigenvalue weighted by Crippen LogP contribution is -2.41. The van der Waals surface area contributed by atoms with Crippen molar-refractivity contribution in [2.75, 3.05) is 5.32 Å². The maximum atomic E-state index is 12.8. The van der Waals surface area contributed by atoms with Crippen molar-refractivity contribution in [1.29, 1.82) is 0 Å². The molecule has 0 fully saturated rings. The van der Waals surface area contributed by atoms with Gasteiger partial charge in [0.1, 0.15) is 0 Å². The Bertz CT molecular complexity index is 757. The number of para-hydroxylation sites is 1. The summed E-state index contributed by atoms with van der Waals surface area (Å²) >= 11 is 1.38. The second kappa shape index (κ2) is 6.77. The van der Waals surface area contributed by atoms with Crippen LogP contribution in [0.15, 0.2) is 78.2 Å². The third-order valence-corrected chi connectivity index (χ3v) is 4.66. The summed E-state index contributed by atoms with van der Waals surface area (Å²) < 4.78 is 0. The highest BCUT2D eigenvalue weighted by Gasteiger charge is 2.39. The van der Waals surface area contributed by atoms with Gasteiger partial charge in [0, 0.05) is 17.0 Å². The quantitative estimate of drug-likeness (QED) is 0.750. The van der Waals surface area contributed by atoms with Crippen LogP contribution >= 0.6 is 11.3 Å². The molecule has 23 heavy (non-hydrogen) atoms. The molecule has 0 bridgehead atoms. The summed E-state index contributed by atoms with van der Waals surface area (Å²) in [5.41, 5.74) is -0.0158. The molecule has 1 aromatic heterocycles. The van der Waals surface area contributed by atoms with Crippen molar-refractivity contribution in [2.45, 2.75) is 12.0 Å². The molecule has 3 nitrogen and oxygen atoms in total. The molecular weight excluding hydrogens is 306 g/mol. The molecule has 0 aliphatic heterocycles. The van der Waals surface area contributed by atoms with E-state index in [2.05, 4.69) is 5.32 Å². The van der Waals surface area contributed by atoms with E-state index in [1.807, 2.05) is 60.0 Å². The van der Waals surface area contributed by atoms with Gasteiger partial charge < -0.3 is 10.4 Å². The van der Waals surface area contributed by atoms with Gasteiger partial charge in [-0.05, 0) is 29.1 Å².